The molecule has 1 atom stereocenters. The molecule has 0 amide bonds. The Kier molecular flexibility index (Phi) is 4.07. The highest BCUT2D eigenvalue weighted by molar-refractivity contribution is 9.10. The lowest BCUT2D eigenvalue weighted by Gasteiger charge is -2.07. The summed E-state index contributed by atoms with van der Waals surface area (Å²) in [6, 6.07) is 8.03. The molecule has 0 saturated carbocycles. The van der Waals surface area contributed by atoms with Crippen molar-refractivity contribution in [2.24, 2.45) is 5.92 Å². The van der Waals surface area contributed by atoms with Gasteiger partial charge in [0.05, 0.1) is 11.3 Å². The first-order valence-electron chi connectivity index (χ1n) is 6.11. The number of nitrogens with zero attached hydrogens (tertiary/aromatic N) is 1. The van der Waals surface area contributed by atoms with Crippen molar-refractivity contribution in [2.75, 3.05) is 5.73 Å². The summed E-state index contributed by atoms with van der Waals surface area (Å²) in [4.78, 5) is 0. The third-order valence-corrected chi connectivity index (χ3v) is 3.63. The Balaban J connectivity index is 2.40. The number of benzene rings is 1. The fraction of sp³-hybridized carbons (Fsp3) is 0.357. The van der Waals surface area contributed by atoms with E-state index in [0.717, 1.165) is 34.1 Å². The highest BCUT2D eigenvalue weighted by Crippen LogP contribution is 2.32. The molecule has 0 aliphatic rings. The maximum absolute atomic E-state index is 5.90. The lowest BCUT2D eigenvalue weighted by Crippen LogP contribution is -2.00. The van der Waals surface area contributed by atoms with Crippen molar-refractivity contribution in [3.8, 4) is 11.1 Å². The van der Waals surface area contributed by atoms with Crippen molar-refractivity contribution in [1.29, 1.82) is 0 Å². The second kappa shape index (κ2) is 5.57. The van der Waals surface area contributed by atoms with Gasteiger partial charge < -0.3 is 10.3 Å². The molecule has 1 aromatic heterocycles. The minimum atomic E-state index is 0.395. The fourth-order valence-electron chi connectivity index (χ4n) is 1.90. The molecule has 1 heterocycles. The predicted molar refractivity (Wildman–Crippen MR) is 77.2 cm³/mol. The van der Waals surface area contributed by atoms with Crippen LogP contribution < -0.4 is 5.73 Å². The molecular formula is C14H17BrN2O. The molecule has 0 aliphatic carbocycles. The van der Waals surface area contributed by atoms with E-state index in [0.29, 0.717) is 11.8 Å². The largest absolute Gasteiger partial charge is 0.367 e. The Bertz CT molecular complexity index is 536. The maximum Gasteiger partial charge on any atom is 0.230 e. The van der Waals surface area contributed by atoms with Crippen LogP contribution in [0, 0.1) is 5.92 Å². The van der Waals surface area contributed by atoms with Gasteiger partial charge in [0.1, 0.15) is 0 Å². The van der Waals surface area contributed by atoms with Gasteiger partial charge in [-0.05, 0) is 30.0 Å². The van der Waals surface area contributed by atoms with Crippen LogP contribution in [0.3, 0.4) is 0 Å². The summed E-state index contributed by atoms with van der Waals surface area (Å²) in [5.74, 6) is 0.965. The smallest absolute Gasteiger partial charge is 0.230 e. The average Bonchev–Trinajstić information content (AvgIpc) is 2.70. The number of halogens is 1. The molecule has 0 bridgehead atoms. The lowest BCUT2D eigenvalue weighted by atomic mass is 9.97. The molecule has 3 nitrogen and oxygen atoms in total. The van der Waals surface area contributed by atoms with Gasteiger partial charge in [-0.3, -0.25) is 0 Å². The van der Waals surface area contributed by atoms with E-state index in [-0.39, 0.29) is 0 Å². The van der Waals surface area contributed by atoms with Crippen LogP contribution in [0.25, 0.3) is 11.1 Å². The Labute approximate surface area is 115 Å². The molecule has 2 aromatic rings. The van der Waals surface area contributed by atoms with E-state index in [4.69, 9.17) is 10.3 Å². The van der Waals surface area contributed by atoms with Crippen LogP contribution in [-0.4, -0.2) is 5.16 Å². The quantitative estimate of drug-likeness (QED) is 0.917. The summed E-state index contributed by atoms with van der Waals surface area (Å²) in [7, 11) is 0. The second-order valence-electron chi connectivity index (χ2n) is 4.60. The first kappa shape index (κ1) is 13.1. The third-order valence-electron chi connectivity index (χ3n) is 3.14. The number of anilines is 1. The summed E-state index contributed by atoms with van der Waals surface area (Å²) in [6.45, 7) is 4.38. The SMILES string of the molecule is CCC(C)Cc1noc(N)c1-c1cccc(Br)c1. The van der Waals surface area contributed by atoms with Crippen molar-refractivity contribution in [2.45, 2.75) is 26.7 Å². The molecule has 18 heavy (non-hydrogen) atoms. The first-order chi connectivity index (χ1) is 8.61. The summed E-state index contributed by atoms with van der Waals surface area (Å²) in [5.41, 5.74) is 8.81. The van der Waals surface area contributed by atoms with Crippen molar-refractivity contribution < 1.29 is 4.52 Å². The number of nitrogen functional groups attached to an aromatic ring is 1. The number of nitrogens with two attached hydrogens (primary N) is 1. The van der Waals surface area contributed by atoms with Gasteiger partial charge in [-0.15, -0.1) is 0 Å². The Morgan fingerprint density at radius 3 is 2.89 bits per heavy atom. The second-order valence-corrected chi connectivity index (χ2v) is 5.51. The Morgan fingerprint density at radius 1 is 1.44 bits per heavy atom. The highest BCUT2D eigenvalue weighted by Gasteiger charge is 2.17. The summed E-state index contributed by atoms with van der Waals surface area (Å²) < 4.78 is 6.17. The van der Waals surface area contributed by atoms with E-state index in [1.807, 2.05) is 24.3 Å². The number of hydrogen-bond donors (Lipinski definition) is 1. The van der Waals surface area contributed by atoms with E-state index in [9.17, 15) is 0 Å². The van der Waals surface area contributed by atoms with Crippen molar-refractivity contribution in [1.82, 2.24) is 5.16 Å². The van der Waals surface area contributed by atoms with Crippen molar-refractivity contribution in [3.63, 3.8) is 0 Å². The van der Waals surface area contributed by atoms with Gasteiger partial charge >= 0.3 is 0 Å². The molecule has 0 saturated heterocycles. The van der Waals surface area contributed by atoms with Crippen molar-refractivity contribution >= 4 is 21.8 Å². The molecule has 0 radical (unpaired) electrons. The van der Waals surface area contributed by atoms with Gasteiger partial charge in [-0.2, -0.15) is 0 Å². The zero-order valence-corrected chi connectivity index (χ0v) is 12.2. The van der Waals surface area contributed by atoms with Gasteiger partial charge in [0, 0.05) is 4.47 Å². The molecule has 96 valence electrons. The van der Waals surface area contributed by atoms with Crippen LogP contribution in [0.2, 0.25) is 0 Å². The lowest BCUT2D eigenvalue weighted by molar-refractivity contribution is 0.418. The number of aromatic nitrogens is 1. The molecular weight excluding hydrogens is 292 g/mol. The average molecular weight is 309 g/mol. The van der Waals surface area contributed by atoms with Crippen LogP contribution in [0.4, 0.5) is 5.88 Å². The maximum atomic E-state index is 5.90. The van der Waals surface area contributed by atoms with Crippen LogP contribution in [0.5, 0.6) is 0 Å². The summed E-state index contributed by atoms with van der Waals surface area (Å²) in [5, 5.41) is 4.09. The predicted octanol–water partition coefficient (Wildman–Crippen LogP) is 4.27. The Hall–Kier alpha value is -1.29. The number of hydrogen-bond acceptors (Lipinski definition) is 3. The monoisotopic (exact) mass is 308 g/mol. The molecule has 2 N–H and O–H groups in total. The topological polar surface area (TPSA) is 52.0 Å². The Morgan fingerprint density at radius 2 is 2.22 bits per heavy atom. The minimum absolute atomic E-state index is 0.395. The molecule has 2 rings (SSSR count). The molecule has 0 spiro atoms. The molecule has 0 fully saturated rings. The van der Waals surface area contributed by atoms with Gasteiger partial charge in [0.25, 0.3) is 0 Å². The van der Waals surface area contributed by atoms with Crippen LogP contribution >= 0.6 is 15.9 Å². The normalized spacial score (nSPS) is 12.6. The first-order valence-corrected chi connectivity index (χ1v) is 6.91. The summed E-state index contributed by atoms with van der Waals surface area (Å²) in [6.07, 6.45) is 2.00. The fourth-order valence-corrected chi connectivity index (χ4v) is 2.30. The zero-order valence-electron chi connectivity index (χ0n) is 10.6. The van der Waals surface area contributed by atoms with E-state index >= 15 is 0 Å². The molecule has 1 unspecified atom stereocenters. The van der Waals surface area contributed by atoms with Crippen molar-refractivity contribution in [3.05, 3.63) is 34.4 Å². The van der Waals surface area contributed by atoms with E-state index in [2.05, 4.69) is 34.9 Å². The minimum Gasteiger partial charge on any atom is -0.367 e. The van der Waals surface area contributed by atoms with E-state index in [1.165, 1.54) is 0 Å². The van der Waals surface area contributed by atoms with Crippen LogP contribution in [0.15, 0.2) is 33.3 Å². The van der Waals surface area contributed by atoms with Gasteiger partial charge in [0.2, 0.25) is 5.88 Å². The van der Waals surface area contributed by atoms with Crippen LogP contribution in [0.1, 0.15) is 26.0 Å². The standard InChI is InChI=1S/C14H17BrN2O/c1-3-9(2)7-12-13(14(16)18-17-12)10-5-4-6-11(15)8-10/h4-6,8-9H,3,7,16H2,1-2H3. The molecule has 4 heteroatoms. The van der Waals surface area contributed by atoms with Gasteiger partial charge in [0.15, 0.2) is 0 Å². The number of rotatable bonds is 4. The zero-order chi connectivity index (χ0) is 13.1. The van der Waals surface area contributed by atoms with E-state index in [1.54, 1.807) is 0 Å². The van der Waals surface area contributed by atoms with Gasteiger partial charge in [-0.1, -0.05) is 53.5 Å². The molecule has 0 aliphatic heterocycles. The van der Waals surface area contributed by atoms with E-state index < -0.39 is 0 Å². The highest BCUT2D eigenvalue weighted by atomic mass is 79.9. The van der Waals surface area contributed by atoms with Gasteiger partial charge in [-0.25, -0.2) is 0 Å². The van der Waals surface area contributed by atoms with Crippen LogP contribution in [-0.2, 0) is 6.42 Å². The summed E-state index contributed by atoms with van der Waals surface area (Å²) >= 11 is 3.47. The third kappa shape index (κ3) is 2.75. The molecule has 1 aromatic carbocycles.